The Balaban J connectivity index is 1.73. The Morgan fingerprint density at radius 3 is 2.41 bits per heavy atom. The highest BCUT2D eigenvalue weighted by Crippen LogP contribution is 2.28. The van der Waals surface area contributed by atoms with E-state index in [1.807, 2.05) is 0 Å². The standard InChI is InChI=1S/C26H33N/c1-6-20-9-12-24-16-21(10-13-23(24)15-20)7-8-22-11-14-26(27-19(4)5)25(17-22)18(2)3/h10-11,13-17,19,27H,2,6-9,12H2,1,3-5H3. The fraction of sp³-hybridized carbons (Fsp3) is 0.385. The average Bonchev–Trinajstić information content (AvgIpc) is 2.66. The summed E-state index contributed by atoms with van der Waals surface area (Å²) in [5.41, 5.74) is 10.9. The number of rotatable bonds is 7. The van der Waals surface area contributed by atoms with E-state index >= 15 is 0 Å². The zero-order chi connectivity index (χ0) is 19.4. The van der Waals surface area contributed by atoms with Crippen molar-refractivity contribution in [2.24, 2.45) is 0 Å². The lowest BCUT2D eigenvalue weighted by molar-refractivity contribution is 0.868. The van der Waals surface area contributed by atoms with Crippen LogP contribution in [0.15, 0.2) is 48.6 Å². The highest BCUT2D eigenvalue weighted by molar-refractivity contribution is 5.74. The molecule has 0 heterocycles. The molecule has 0 saturated heterocycles. The number of anilines is 1. The Bertz CT molecular complexity index is 855. The van der Waals surface area contributed by atoms with E-state index in [-0.39, 0.29) is 0 Å². The van der Waals surface area contributed by atoms with E-state index in [2.05, 4.69) is 82.1 Å². The van der Waals surface area contributed by atoms with Gasteiger partial charge in [-0.1, -0.05) is 49.4 Å². The van der Waals surface area contributed by atoms with Gasteiger partial charge in [-0.15, -0.1) is 0 Å². The number of allylic oxidation sites excluding steroid dienone is 2. The van der Waals surface area contributed by atoms with Gasteiger partial charge in [-0.05, 0) is 92.8 Å². The Morgan fingerprint density at radius 1 is 1.04 bits per heavy atom. The van der Waals surface area contributed by atoms with Crippen LogP contribution in [0.3, 0.4) is 0 Å². The third-order valence-electron chi connectivity index (χ3n) is 5.43. The number of aryl methyl sites for hydroxylation is 3. The summed E-state index contributed by atoms with van der Waals surface area (Å²) >= 11 is 0. The average molecular weight is 360 g/mol. The highest BCUT2D eigenvalue weighted by Gasteiger charge is 2.11. The molecule has 27 heavy (non-hydrogen) atoms. The zero-order valence-electron chi connectivity index (χ0n) is 17.4. The number of benzene rings is 2. The molecule has 1 nitrogen and oxygen atoms in total. The van der Waals surface area contributed by atoms with E-state index in [4.69, 9.17) is 0 Å². The Hall–Kier alpha value is -2.28. The van der Waals surface area contributed by atoms with Crippen molar-refractivity contribution in [3.63, 3.8) is 0 Å². The van der Waals surface area contributed by atoms with Gasteiger partial charge >= 0.3 is 0 Å². The van der Waals surface area contributed by atoms with E-state index in [1.165, 1.54) is 52.8 Å². The van der Waals surface area contributed by atoms with Crippen LogP contribution in [0.2, 0.25) is 0 Å². The minimum Gasteiger partial charge on any atom is -0.382 e. The fourth-order valence-corrected chi connectivity index (χ4v) is 3.86. The molecule has 142 valence electrons. The topological polar surface area (TPSA) is 12.0 Å². The van der Waals surface area contributed by atoms with Crippen LogP contribution in [0.25, 0.3) is 11.6 Å². The molecule has 1 aliphatic carbocycles. The van der Waals surface area contributed by atoms with Gasteiger partial charge in [0.1, 0.15) is 0 Å². The molecule has 0 unspecified atom stereocenters. The quantitative estimate of drug-likeness (QED) is 0.557. The summed E-state index contributed by atoms with van der Waals surface area (Å²) < 4.78 is 0. The maximum absolute atomic E-state index is 4.17. The van der Waals surface area contributed by atoms with Crippen LogP contribution in [0.5, 0.6) is 0 Å². The first-order valence-corrected chi connectivity index (χ1v) is 10.3. The third-order valence-corrected chi connectivity index (χ3v) is 5.43. The van der Waals surface area contributed by atoms with Crippen molar-refractivity contribution in [1.29, 1.82) is 0 Å². The van der Waals surface area contributed by atoms with Crippen molar-refractivity contribution in [2.75, 3.05) is 5.32 Å². The van der Waals surface area contributed by atoms with Gasteiger partial charge in [-0.25, -0.2) is 0 Å². The van der Waals surface area contributed by atoms with Crippen LogP contribution in [-0.2, 0) is 19.3 Å². The second kappa shape index (κ2) is 8.61. The summed E-state index contributed by atoms with van der Waals surface area (Å²) in [6, 6.07) is 14.2. The third kappa shape index (κ3) is 4.91. The lowest BCUT2D eigenvalue weighted by Gasteiger charge is -2.17. The largest absolute Gasteiger partial charge is 0.382 e. The molecule has 1 heteroatoms. The van der Waals surface area contributed by atoms with E-state index in [0.29, 0.717) is 6.04 Å². The van der Waals surface area contributed by atoms with Crippen molar-refractivity contribution in [1.82, 2.24) is 0 Å². The van der Waals surface area contributed by atoms with Crippen LogP contribution in [-0.4, -0.2) is 6.04 Å². The molecule has 0 spiro atoms. The van der Waals surface area contributed by atoms with Gasteiger partial charge in [0.15, 0.2) is 0 Å². The minimum absolute atomic E-state index is 0.423. The van der Waals surface area contributed by atoms with Gasteiger partial charge in [-0.3, -0.25) is 0 Å². The lowest BCUT2D eigenvalue weighted by Crippen LogP contribution is -2.11. The summed E-state index contributed by atoms with van der Waals surface area (Å²) in [5, 5.41) is 3.53. The molecule has 2 aromatic carbocycles. The molecule has 0 atom stereocenters. The SMILES string of the molecule is C=C(C)c1cc(CCc2ccc3c(c2)CCC(CC)=C3)ccc1NC(C)C. The fourth-order valence-electron chi connectivity index (χ4n) is 3.86. The molecule has 2 aromatic rings. The Labute approximate surface area is 165 Å². The van der Waals surface area contributed by atoms with Gasteiger partial charge < -0.3 is 5.32 Å². The summed E-state index contributed by atoms with van der Waals surface area (Å²) in [6.45, 7) is 12.9. The van der Waals surface area contributed by atoms with Gasteiger partial charge in [0, 0.05) is 17.3 Å². The van der Waals surface area contributed by atoms with Crippen LogP contribution in [0.4, 0.5) is 5.69 Å². The molecule has 0 fully saturated rings. The molecule has 0 aliphatic heterocycles. The lowest BCUT2D eigenvalue weighted by atomic mass is 9.89. The first-order chi connectivity index (χ1) is 13.0. The molecule has 3 rings (SSSR count). The molecular weight excluding hydrogens is 326 g/mol. The predicted molar refractivity (Wildman–Crippen MR) is 120 cm³/mol. The van der Waals surface area contributed by atoms with Crippen LogP contribution < -0.4 is 5.32 Å². The zero-order valence-corrected chi connectivity index (χ0v) is 17.4. The van der Waals surface area contributed by atoms with Crippen LogP contribution >= 0.6 is 0 Å². The molecule has 0 aromatic heterocycles. The van der Waals surface area contributed by atoms with E-state index in [0.717, 1.165) is 18.4 Å². The van der Waals surface area contributed by atoms with Crippen LogP contribution in [0, 0.1) is 0 Å². The molecular formula is C26H33N. The number of fused-ring (bicyclic) bond motifs is 1. The molecule has 0 saturated carbocycles. The smallest absolute Gasteiger partial charge is 0.0418 e. The predicted octanol–water partition coefficient (Wildman–Crippen LogP) is 7.06. The van der Waals surface area contributed by atoms with Crippen molar-refractivity contribution in [3.05, 3.63) is 76.4 Å². The summed E-state index contributed by atoms with van der Waals surface area (Å²) in [7, 11) is 0. The van der Waals surface area contributed by atoms with Gasteiger partial charge in [0.05, 0.1) is 0 Å². The molecule has 0 amide bonds. The van der Waals surface area contributed by atoms with Crippen LogP contribution in [0.1, 0.15) is 68.4 Å². The van der Waals surface area contributed by atoms with Crippen molar-refractivity contribution >= 4 is 17.3 Å². The van der Waals surface area contributed by atoms with E-state index < -0.39 is 0 Å². The van der Waals surface area contributed by atoms with E-state index in [9.17, 15) is 0 Å². The van der Waals surface area contributed by atoms with Crippen molar-refractivity contribution in [2.45, 2.75) is 65.8 Å². The highest BCUT2D eigenvalue weighted by atomic mass is 14.9. The minimum atomic E-state index is 0.423. The molecule has 1 N–H and O–H groups in total. The second-order valence-corrected chi connectivity index (χ2v) is 8.15. The summed E-state index contributed by atoms with van der Waals surface area (Å²) in [4.78, 5) is 0. The van der Waals surface area contributed by atoms with Gasteiger partial charge in [-0.2, -0.15) is 0 Å². The van der Waals surface area contributed by atoms with E-state index in [1.54, 1.807) is 5.57 Å². The number of hydrogen-bond acceptors (Lipinski definition) is 1. The Kier molecular flexibility index (Phi) is 6.21. The second-order valence-electron chi connectivity index (χ2n) is 8.15. The molecule has 0 radical (unpaired) electrons. The maximum Gasteiger partial charge on any atom is 0.0418 e. The normalized spacial score (nSPS) is 13.3. The monoisotopic (exact) mass is 359 g/mol. The number of hydrogen-bond donors (Lipinski definition) is 1. The molecule has 0 bridgehead atoms. The first kappa shape index (κ1) is 19.5. The Morgan fingerprint density at radius 2 is 1.74 bits per heavy atom. The van der Waals surface area contributed by atoms with Gasteiger partial charge in [0.25, 0.3) is 0 Å². The summed E-state index contributed by atoms with van der Waals surface area (Å²) in [5.74, 6) is 0. The molecule has 1 aliphatic rings. The summed E-state index contributed by atoms with van der Waals surface area (Å²) in [6.07, 6.45) is 8.13. The van der Waals surface area contributed by atoms with Crippen molar-refractivity contribution in [3.8, 4) is 0 Å². The van der Waals surface area contributed by atoms with Crippen molar-refractivity contribution < 1.29 is 0 Å². The first-order valence-electron chi connectivity index (χ1n) is 10.3. The number of nitrogens with one attached hydrogen (secondary N) is 1. The maximum atomic E-state index is 4.17. The van der Waals surface area contributed by atoms with Gasteiger partial charge in [0.2, 0.25) is 0 Å².